The minimum atomic E-state index is 0.691. The number of nitrogens with zero attached hydrogens (tertiary/aromatic N) is 3. The van der Waals surface area contributed by atoms with Crippen LogP contribution in [0.1, 0.15) is 5.69 Å². The quantitative estimate of drug-likeness (QED) is 0.781. The van der Waals surface area contributed by atoms with Crippen LogP contribution in [0.15, 0.2) is 23.3 Å². The van der Waals surface area contributed by atoms with Crippen molar-refractivity contribution in [3.63, 3.8) is 0 Å². The second kappa shape index (κ2) is 3.63. The SMILES string of the molecule is CNCc1ncoc1-c1cncn1C. The van der Waals surface area contributed by atoms with Crippen LogP contribution in [-0.2, 0) is 13.6 Å². The Bertz CT molecular complexity index is 418. The van der Waals surface area contributed by atoms with Gasteiger partial charge in [0.25, 0.3) is 0 Å². The van der Waals surface area contributed by atoms with Gasteiger partial charge in [-0.3, -0.25) is 0 Å². The van der Waals surface area contributed by atoms with Crippen LogP contribution >= 0.6 is 0 Å². The lowest BCUT2D eigenvalue weighted by Crippen LogP contribution is -2.06. The molecule has 2 rings (SSSR count). The molecule has 0 fully saturated rings. The Morgan fingerprint density at radius 3 is 3.07 bits per heavy atom. The summed E-state index contributed by atoms with van der Waals surface area (Å²) in [5, 5.41) is 3.04. The first-order chi connectivity index (χ1) is 6.83. The van der Waals surface area contributed by atoms with Gasteiger partial charge in [-0.05, 0) is 7.05 Å². The van der Waals surface area contributed by atoms with Gasteiger partial charge in [-0.1, -0.05) is 0 Å². The summed E-state index contributed by atoms with van der Waals surface area (Å²) in [4.78, 5) is 8.17. The minimum Gasteiger partial charge on any atom is -0.442 e. The molecular formula is C9H12N4O. The van der Waals surface area contributed by atoms with Crippen molar-refractivity contribution >= 4 is 0 Å². The van der Waals surface area contributed by atoms with Crippen molar-refractivity contribution in [2.24, 2.45) is 7.05 Å². The average molecular weight is 192 g/mol. The lowest BCUT2D eigenvalue weighted by Gasteiger charge is -2.00. The zero-order valence-electron chi connectivity index (χ0n) is 8.19. The Morgan fingerprint density at radius 2 is 2.43 bits per heavy atom. The Morgan fingerprint density at radius 1 is 1.57 bits per heavy atom. The van der Waals surface area contributed by atoms with Crippen molar-refractivity contribution in [3.8, 4) is 11.5 Å². The van der Waals surface area contributed by atoms with Crippen LogP contribution < -0.4 is 5.32 Å². The van der Waals surface area contributed by atoms with Gasteiger partial charge < -0.3 is 14.3 Å². The van der Waals surface area contributed by atoms with Crippen LogP contribution in [-0.4, -0.2) is 21.6 Å². The van der Waals surface area contributed by atoms with Crippen molar-refractivity contribution in [1.82, 2.24) is 19.9 Å². The first kappa shape index (κ1) is 8.96. The van der Waals surface area contributed by atoms with E-state index < -0.39 is 0 Å². The molecule has 0 bridgehead atoms. The maximum absolute atomic E-state index is 5.33. The molecule has 0 atom stereocenters. The molecule has 1 N–H and O–H groups in total. The van der Waals surface area contributed by atoms with Crippen LogP contribution in [0.4, 0.5) is 0 Å². The summed E-state index contributed by atoms with van der Waals surface area (Å²) in [6, 6.07) is 0. The third kappa shape index (κ3) is 1.42. The zero-order valence-corrected chi connectivity index (χ0v) is 8.19. The summed E-state index contributed by atoms with van der Waals surface area (Å²) in [6.45, 7) is 0.691. The number of aromatic nitrogens is 3. The Balaban J connectivity index is 2.41. The van der Waals surface area contributed by atoms with Gasteiger partial charge in [-0.25, -0.2) is 9.97 Å². The topological polar surface area (TPSA) is 55.9 Å². The molecule has 0 unspecified atom stereocenters. The molecular weight excluding hydrogens is 180 g/mol. The van der Waals surface area contributed by atoms with E-state index in [0.29, 0.717) is 6.54 Å². The lowest BCUT2D eigenvalue weighted by molar-refractivity contribution is 0.565. The van der Waals surface area contributed by atoms with E-state index in [2.05, 4.69) is 15.3 Å². The van der Waals surface area contributed by atoms with Crippen molar-refractivity contribution in [1.29, 1.82) is 0 Å². The average Bonchev–Trinajstić information content (AvgIpc) is 2.74. The number of rotatable bonds is 3. The third-order valence-electron chi connectivity index (χ3n) is 2.03. The maximum atomic E-state index is 5.33. The maximum Gasteiger partial charge on any atom is 0.181 e. The summed E-state index contributed by atoms with van der Waals surface area (Å²) in [5.74, 6) is 0.777. The van der Waals surface area contributed by atoms with Crippen molar-refractivity contribution in [2.75, 3.05) is 7.05 Å². The Kier molecular flexibility index (Phi) is 2.32. The fraction of sp³-hybridized carbons (Fsp3) is 0.333. The third-order valence-corrected chi connectivity index (χ3v) is 2.03. The van der Waals surface area contributed by atoms with E-state index in [-0.39, 0.29) is 0 Å². The summed E-state index contributed by atoms with van der Waals surface area (Å²) in [5.41, 5.74) is 1.84. The van der Waals surface area contributed by atoms with E-state index in [1.165, 1.54) is 6.39 Å². The molecule has 5 heteroatoms. The minimum absolute atomic E-state index is 0.691. The molecule has 74 valence electrons. The van der Waals surface area contributed by atoms with Crippen LogP contribution in [0.3, 0.4) is 0 Å². The summed E-state index contributed by atoms with van der Waals surface area (Å²) >= 11 is 0. The number of hydrogen-bond donors (Lipinski definition) is 1. The molecule has 0 aliphatic rings. The van der Waals surface area contributed by atoms with Gasteiger partial charge in [0.15, 0.2) is 12.2 Å². The highest BCUT2D eigenvalue weighted by Crippen LogP contribution is 2.21. The van der Waals surface area contributed by atoms with Gasteiger partial charge in [0, 0.05) is 13.6 Å². The van der Waals surface area contributed by atoms with Gasteiger partial charge in [0.2, 0.25) is 0 Å². The zero-order chi connectivity index (χ0) is 9.97. The monoisotopic (exact) mass is 192 g/mol. The molecule has 0 spiro atoms. The van der Waals surface area contributed by atoms with Crippen LogP contribution in [0.2, 0.25) is 0 Å². The number of oxazole rings is 1. The second-order valence-corrected chi connectivity index (χ2v) is 3.05. The predicted molar refractivity (Wildman–Crippen MR) is 51.5 cm³/mol. The van der Waals surface area contributed by atoms with Crippen LogP contribution in [0.5, 0.6) is 0 Å². The second-order valence-electron chi connectivity index (χ2n) is 3.05. The smallest absolute Gasteiger partial charge is 0.181 e. The fourth-order valence-corrected chi connectivity index (χ4v) is 1.35. The van der Waals surface area contributed by atoms with Gasteiger partial charge in [-0.2, -0.15) is 0 Å². The van der Waals surface area contributed by atoms with Crippen molar-refractivity contribution in [3.05, 3.63) is 24.6 Å². The first-order valence-electron chi connectivity index (χ1n) is 4.36. The number of imidazole rings is 1. The summed E-state index contributed by atoms with van der Waals surface area (Å²) in [7, 11) is 3.80. The van der Waals surface area contributed by atoms with Crippen molar-refractivity contribution in [2.45, 2.75) is 6.54 Å². The standard InChI is InChI=1S/C9H12N4O/c1-10-3-7-9(14-6-12-7)8-4-11-5-13(8)2/h4-6,10H,3H2,1-2H3. The van der Waals surface area contributed by atoms with E-state index >= 15 is 0 Å². The molecule has 0 aliphatic carbocycles. The largest absolute Gasteiger partial charge is 0.442 e. The lowest BCUT2D eigenvalue weighted by atomic mass is 10.3. The summed E-state index contributed by atoms with van der Waals surface area (Å²) in [6.07, 6.45) is 4.95. The molecule has 0 saturated heterocycles. The van der Waals surface area contributed by atoms with E-state index in [0.717, 1.165) is 17.1 Å². The Labute approximate surface area is 81.8 Å². The highest BCUT2D eigenvalue weighted by Gasteiger charge is 2.12. The number of nitrogens with one attached hydrogen (secondary N) is 1. The van der Waals surface area contributed by atoms with Crippen LogP contribution in [0, 0.1) is 0 Å². The first-order valence-corrected chi connectivity index (χ1v) is 4.36. The van der Waals surface area contributed by atoms with Crippen molar-refractivity contribution < 1.29 is 4.42 Å². The highest BCUT2D eigenvalue weighted by atomic mass is 16.3. The van der Waals surface area contributed by atoms with E-state index in [9.17, 15) is 0 Å². The Hall–Kier alpha value is -1.62. The van der Waals surface area contributed by atoms with E-state index in [1.54, 1.807) is 12.5 Å². The number of aryl methyl sites for hydroxylation is 1. The predicted octanol–water partition coefficient (Wildman–Crippen LogP) is 0.794. The fourth-order valence-electron chi connectivity index (χ4n) is 1.35. The van der Waals surface area contributed by atoms with Crippen LogP contribution in [0.25, 0.3) is 11.5 Å². The summed E-state index contributed by atoms with van der Waals surface area (Å²) < 4.78 is 7.23. The highest BCUT2D eigenvalue weighted by molar-refractivity contribution is 5.54. The molecule has 2 aromatic rings. The molecule has 14 heavy (non-hydrogen) atoms. The molecule has 0 radical (unpaired) electrons. The number of hydrogen-bond acceptors (Lipinski definition) is 4. The molecule has 0 aliphatic heterocycles. The van der Waals surface area contributed by atoms with E-state index in [1.807, 2.05) is 18.7 Å². The molecule has 0 aromatic carbocycles. The normalized spacial score (nSPS) is 10.7. The van der Waals surface area contributed by atoms with E-state index in [4.69, 9.17) is 4.42 Å². The molecule has 2 heterocycles. The van der Waals surface area contributed by atoms with Gasteiger partial charge in [-0.15, -0.1) is 0 Å². The molecule has 2 aromatic heterocycles. The molecule has 5 nitrogen and oxygen atoms in total. The van der Waals surface area contributed by atoms with Gasteiger partial charge >= 0.3 is 0 Å². The van der Waals surface area contributed by atoms with Gasteiger partial charge in [0.1, 0.15) is 11.4 Å². The van der Waals surface area contributed by atoms with Gasteiger partial charge in [0.05, 0.1) is 12.5 Å². The molecule has 0 saturated carbocycles. The molecule has 0 amide bonds.